The van der Waals surface area contributed by atoms with Crippen molar-refractivity contribution in [3.05, 3.63) is 72.3 Å². The summed E-state index contributed by atoms with van der Waals surface area (Å²) in [5.41, 5.74) is 0.170. The largest absolute Gasteiger partial charge is 0.464 e. The third kappa shape index (κ3) is 3.23. The summed E-state index contributed by atoms with van der Waals surface area (Å²) in [6, 6.07) is 20.2. The number of amides is 1. The summed E-state index contributed by atoms with van der Waals surface area (Å²) in [6.45, 7) is 1.77. The lowest BCUT2D eigenvalue weighted by Crippen LogP contribution is -2.57. The Labute approximate surface area is 167 Å². The fraction of sp³-hybridized carbons (Fsp3) is 0.174. The molecule has 0 saturated carbocycles. The van der Waals surface area contributed by atoms with Crippen LogP contribution in [0, 0.1) is 0 Å². The molecule has 0 saturated heterocycles. The number of anilines is 2. The standard InChI is InChI=1S/C23H20N2O4/c1-2-29-22(28)23(14-16-9-4-6-12-18(16)25-23)20(26)21(27)24-19-13-7-10-15-8-3-5-11-17(15)19/h3-13,25H,2,14H2,1H3,(H,24,27). The lowest BCUT2D eigenvalue weighted by Gasteiger charge is -2.25. The van der Waals surface area contributed by atoms with Gasteiger partial charge >= 0.3 is 5.97 Å². The van der Waals surface area contributed by atoms with E-state index in [1.165, 1.54) is 0 Å². The quantitative estimate of drug-likeness (QED) is 0.398. The topological polar surface area (TPSA) is 84.5 Å². The fourth-order valence-corrected chi connectivity index (χ4v) is 3.67. The maximum absolute atomic E-state index is 13.2. The Hall–Kier alpha value is -3.67. The minimum Gasteiger partial charge on any atom is -0.464 e. The Morgan fingerprint density at radius 1 is 1.00 bits per heavy atom. The molecule has 0 aliphatic carbocycles. The van der Waals surface area contributed by atoms with Crippen LogP contribution in [0.5, 0.6) is 0 Å². The van der Waals surface area contributed by atoms with Gasteiger partial charge in [-0.15, -0.1) is 0 Å². The van der Waals surface area contributed by atoms with Crippen LogP contribution in [-0.4, -0.2) is 29.8 Å². The SMILES string of the molecule is CCOC(=O)C1(C(=O)C(=O)Nc2cccc3ccccc23)Cc2ccccc2N1. The van der Waals surface area contributed by atoms with Gasteiger partial charge in [0.2, 0.25) is 5.54 Å². The molecule has 0 radical (unpaired) electrons. The van der Waals surface area contributed by atoms with Gasteiger partial charge in [-0.2, -0.15) is 0 Å². The minimum absolute atomic E-state index is 0.0593. The normalized spacial score (nSPS) is 17.3. The summed E-state index contributed by atoms with van der Waals surface area (Å²) in [5, 5.41) is 7.37. The van der Waals surface area contributed by atoms with Crippen molar-refractivity contribution in [2.24, 2.45) is 0 Å². The average molecular weight is 388 g/mol. The number of para-hydroxylation sites is 1. The van der Waals surface area contributed by atoms with E-state index in [2.05, 4.69) is 10.6 Å². The van der Waals surface area contributed by atoms with Crippen LogP contribution in [0.1, 0.15) is 12.5 Å². The number of fused-ring (bicyclic) bond motifs is 2. The van der Waals surface area contributed by atoms with Gasteiger partial charge in [-0.1, -0.05) is 54.6 Å². The Kier molecular flexibility index (Phi) is 4.76. The molecule has 1 unspecified atom stereocenters. The summed E-state index contributed by atoms with van der Waals surface area (Å²) in [4.78, 5) is 38.9. The monoisotopic (exact) mass is 388 g/mol. The molecule has 0 spiro atoms. The molecular weight excluding hydrogens is 368 g/mol. The van der Waals surface area contributed by atoms with Crippen LogP contribution < -0.4 is 10.6 Å². The van der Waals surface area contributed by atoms with Crippen LogP contribution in [0.25, 0.3) is 10.8 Å². The second-order valence-electron chi connectivity index (χ2n) is 6.89. The van der Waals surface area contributed by atoms with Crippen molar-refractivity contribution < 1.29 is 19.1 Å². The smallest absolute Gasteiger partial charge is 0.340 e. The van der Waals surface area contributed by atoms with Gasteiger partial charge in [-0.3, -0.25) is 9.59 Å². The van der Waals surface area contributed by atoms with E-state index in [-0.39, 0.29) is 13.0 Å². The van der Waals surface area contributed by atoms with Gasteiger partial charge in [0.15, 0.2) is 0 Å². The number of carbonyl (C=O) groups is 3. The number of carbonyl (C=O) groups excluding carboxylic acids is 3. The summed E-state index contributed by atoms with van der Waals surface area (Å²) < 4.78 is 5.15. The van der Waals surface area contributed by atoms with E-state index < -0.39 is 23.2 Å². The van der Waals surface area contributed by atoms with Gasteiger partial charge in [-0.25, -0.2) is 4.79 Å². The maximum atomic E-state index is 13.2. The van der Waals surface area contributed by atoms with E-state index in [0.29, 0.717) is 11.4 Å². The third-order valence-corrected chi connectivity index (χ3v) is 5.08. The predicted octanol–water partition coefficient (Wildman–Crippen LogP) is 3.32. The second kappa shape index (κ2) is 7.39. The number of hydrogen-bond donors (Lipinski definition) is 2. The first-order valence-corrected chi connectivity index (χ1v) is 9.42. The second-order valence-corrected chi connectivity index (χ2v) is 6.89. The van der Waals surface area contributed by atoms with Crippen molar-refractivity contribution >= 4 is 39.8 Å². The Balaban J connectivity index is 1.66. The number of Topliss-reactive ketones (excluding diaryl/α,β-unsaturated/α-hetero) is 1. The number of ketones is 1. The van der Waals surface area contributed by atoms with E-state index in [0.717, 1.165) is 16.3 Å². The Bertz CT molecular complexity index is 1090. The minimum atomic E-state index is -1.77. The Morgan fingerprint density at radius 3 is 2.52 bits per heavy atom. The highest BCUT2D eigenvalue weighted by molar-refractivity contribution is 6.48. The first-order valence-electron chi connectivity index (χ1n) is 9.42. The van der Waals surface area contributed by atoms with E-state index in [9.17, 15) is 14.4 Å². The van der Waals surface area contributed by atoms with E-state index in [1.54, 1.807) is 31.2 Å². The van der Waals surface area contributed by atoms with Crippen molar-refractivity contribution in [2.45, 2.75) is 18.9 Å². The molecule has 0 bridgehead atoms. The highest BCUT2D eigenvalue weighted by Gasteiger charge is 2.54. The van der Waals surface area contributed by atoms with Crippen molar-refractivity contribution in [3.63, 3.8) is 0 Å². The molecule has 0 fully saturated rings. The molecule has 1 aliphatic rings. The molecule has 1 heterocycles. The summed E-state index contributed by atoms with van der Waals surface area (Å²) in [7, 11) is 0. The summed E-state index contributed by atoms with van der Waals surface area (Å²) in [6.07, 6.45) is 0.0593. The van der Waals surface area contributed by atoms with Crippen LogP contribution in [-0.2, 0) is 25.5 Å². The molecule has 146 valence electrons. The molecule has 3 aromatic rings. The fourth-order valence-electron chi connectivity index (χ4n) is 3.67. The van der Waals surface area contributed by atoms with Crippen LogP contribution in [0.15, 0.2) is 66.7 Å². The van der Waals surface area contributed by atoms with E-state index in [4.69, 9.17) is 4.74 Å². The van der Waals surface area contributed by atoms with Gasteiger partial charge < -0.3 is 15.4 Å². The van der Waals surface area contributed by atoms with Crippen LogP contribution in [0.4, 0.5) is 11.4 Å². The van der Waals surface area contributed by atoms with Crippen molar-refractivity contribution in [2.75, 3.05) is 17.2 Å². The molecule has 29 heavy (non-hydrogen) atoms. The highest BCUT2D eigenvalue weighted by Crippen LogP contribution is 2.34. The molecule has 1 atom stereocenters. The lowest BCUT2D eigenvalue weighted by molar-refractivity contribution is -0.154. The van der Waals surface area contributed by atoms with E-state index in [1.807, 2.05) is 42.5 Å². The summed E-state index contributed by atoms with van der Waals surface area (Å²) in [5.74, 6) is -2.50. The molecule has 6 heteroatoms. The molecule has 1 amide bonds. The number of nitrogens with one attached hydrogen (secondary N) is 2. The number of ether oxygens (including phenoxy) is 1. The average Bonchev–Trinajstić information content (AvgIpc) is 3.14. The van der Waals surface area contributed by atoms with Crippen LogP contribution in [0.3, 0.4) is 0 Å². The van der Waals surface area contributed by atoms with Crippen LogP contribution >= 0.6 is 0 Å². The van der Waals surface area contributed by atoms with Gasteiger partial charge in [0.05, 0.1) is 6.61 Å². The lowest BCUT2D eigenvalue weighted by atomic mass is 9.89. The number of esters is 1. The molecule has 4 rings (SSSR count). The van der Waals surface area contributed by atoms with Crippen molar-refractivity contribution in [3.8, 4) is 0 Å². The predicted molar refractivity (Wildman–Crippen MR) is 111 cm³/mol. The van der Waals surface area contributed by atoms with Gasteiger partial charge in [0, 0.05) is 23.2 Å². The molecule has 1 aliphatic heterocycles. The zero-order valence-corrected chi connectivity index (χ0v) is 15.9. The summed E-state index contributed by atoms with van der Waals surface area (Å²) >= 11 is 0. The van der Waals surface area contributed by atoms with Gasteiger partial charge in [-0.05, 0) is 30.0 Å². The highest BCUT2D eigenvalue weighted by atomic mass is 16.5. The van der Waals surface area contributed by atoms with Gasteiger partial charge in [0.1, 0.15) is 0 Å². The van der Waals surface area contributed by atoms with E-state index >= 15 is 0 Å². The third-order valence-electron chi connectivity index (χ3n) is 5.08. The Morgan fingerprint density at radius 2 is 1.72 bits per heavy atom. The van der Waals surface area contributed by atoms with Gasteiger partial charge in [0.25, 0.3) is 11.7 Å². The zero-order chi connectivity index (χ0) is 20.4. The molecule has 6 nitrogen and oxygen atoms in total. The molecule has 2 N–H and O–H groups in total. The molecule has 3 aromatic carbocycles. The molecule has 0 aromatic heterocycles. The number of benzene rings is 3. The maximum Gasteiger partial charge on any atom is 0.340 e. The van der Waals surface area contributed by atoms with Crippen molar-refractivity contribution in [1.82, 2.24) is 0 Å². The zero-order valence-electron chi connectivity index (χ0n) is 15.9. The first kappa shape index (κ1) is 18.7. The first-order chi connectivity index (χ1) is 14.0. The number of rotatable bonds is 5. The number of hydrogen-bond acceptors (Lipinski definition) is 5. The van der Waals surface area contributed by atoms with Crippen LogP contribution in [0.2, 0.25) is 0 Å². The van der Waals surface area contributed by atoms with Crippen molar-refractivity contribution in [1.29, 1.82) is 0 Å². The molecular formula is C23H20N2O4.